The molecule has 0 atom stereocenters. The van der Waals surface area contributed by atoms with Crippen molar-refractivity contribution in [3.05, 3.63) is 27.7 Å². The van der Waals surface area contributed by atoms with Gasteiger partial charge >= 0.3 is 6.09 Å². The van der Waals surface area contributed by atoms with Gasteiger partial charge < -0.3 is 20.5 Å². The molecule has 2 amide bonds. The van der Waals surface area contributed by atoms with Gasteiger partial charge in [-0.3, -0.25) is 4.79 Å². The molecule has 0 spiro atoms. The van der Waals surface area contributed by atoms with E-state index < -0.39 is 17.6 Å². The van der Waals surface area contributed by atoms with Crippen molar-refractivity contribution in [2.45, 2.75) is 33.0 Å². The van der Waals surface area contributed by atoms with Crippen LogP contribution in [-0.2, 0) is 16.1 Å². The normalized spacial score (nSPS) is 11.0. The van der Waals surface area contributed by atoms with E-state index in [1.165, 1.54) is 12.1 Å². The average molecular weight is 349 g/mol. The van der Waals surface area contributed by atoms with Crippen molar-refractivity contribution < 1.29 is 19.4 Å². The summed E-state index contributed by atoms with van der Waals surface area (Å²) < 4.78 is 5.01. The first-order valence-electron chi connectivity index (χ1n) is 6.48. The standard InChI is InChI=1S/C14H18Cl2N2O4/c1-14(2,3)22-13(21)17-6-12(20)18-8-4-10(15)9(7-19)11(16)5-8/h4-5,19H,6-7H2,1-3H3,(H,17,21)(H,18,20). The molecule has 1 aromatic carbocycles. The summed E-state index contributed by atoms with van der Waals surface area (Å²) in [5, 5.41) is 14.4. The molecule has 0 bridgehead atoms. The van der Waals surface area contributed by atoms with Crippen LogP contribution in [0, 0.1) is 0 Å². The van der Waals surface area contributed by atoms with E-state index in [9.17, 15) is 9.59 Å². The summed E-state index contributed by atoms with van der Waals surface area (Å²) in [4.78, 5) is 23.2. The third-order valence-electron chi connectivity index (χ3n) is 2.38. The fourth-order valence-corrected chi connectivity index (χ4v) is 2.10. The highest BCUT2D eigenvalue weighted by Crippen LogP contribution is 2.28. The summed E-state index contributed by atoms with van der Waals surface area (Å²) in [5.41, 5.74) is 0.110. The molecule has 0 aliphatic heterocycles. The number of hydrogen-bond donors (Lipinski definition) is 3. The van der Waals surface area contributed by atoms with Gasteiger partial charge in [0.05, 0.1) is 6.61 Å². The lowest BCUT2D eigenvalue weighted by atomic mass is 10.2. The first-order chi connectivity index (χ1) is 10.1. The number of nitrogens with one attached hydrogen (secondary N) is 2. The molecule has 0 aliphatic carbocycles. The number of rotatable bonds is 4. The number of hydrogen-bond acceptors (Lipinski definition) is 4. The molecule has 122 valence electrons. The minimum absolute atomic E-state index is 0.241. The number of halogens is 2. The van der Waals surface area contributed by atoms with Crippen LogP contribution in [0.25, 0.3) is 0 Å². The van der Waals surface area contributed by atoms with Crippen LogP contribution in [0.4, 0.5) is 10.5 Å². The lowest BCUT2D eigenvalue weighted by Gasteiger charge is -2.19. The highest BCUT2D eigenvalue weighted by atomic mass is 35.5. The van der Waals surface area contributed by atoms with Crippen molar-refractivity contribution >= 4 is 40.9 Å². The highest BCUT2D eigenvalue weighted by molar-refractivity contribution is 6.36. The van der Waals surface area contributed by atoms with E-state index in [4.69, 9.17) is 33.0 Å². The van der Waals surface area contributed by atoms with Crippen LogP contribution >= 0.6 is 23.2 Å². The molecule has 22 heavy (non-hydrogen) atoms. The van der Waals surface area contributed by atoms with Crippen LogP contribution in [-0.4, -0.2) is 29.3 Å². The number of benzene rings is 1. The molecule has 0 aliphatic rings. The molecular weight excluding hydrogens is 331 g/mol. The lowest BCUT2D eigenvalue weighted by Crippen LogP contribution is -2.37. The quantitative estimate of drug-likeness (QED) is 0.780. The number of ether oxygens (including phenoxy) is 1. The summed E-state index contributed by atoms with van der Waals surface area (Å²) in [5.74, 6) is -0.463. The monoisotopic (exact) mass is 348 g/mol. The molecular formula is C14H18Cl2N2O4. The maximum atomic E-state index is 11.7. The number of amides is 2. The zero-order valence-corrected chi connectivity index (χ0v) is 14.0. The fraction of sp³-hybridized carbons (Fsp3) is 0.429. The Morgan fingerprint density at radius 2 is 1.77 bits per heavy atom. The van der Waals surface area contributed by atoms with Crippen LogP contribution in [0.5, 0.6) is 0 Å². The summed E-state index contributed by atoms with van der Waals surface area (Å²) in [6.45, 7) is 4.61. The molecule has 0 fully saturated rings. The van der Waals surface area contributed by atoms with Crippen LogP contribution in [0.2, 0.25) is 10.0 Å². The Balaban J connectivity index is 2.58. The second-order valence-corrected chi connectivity index (χ2v) is 6.29. The largest absolute Gasteiger partial charge is 0.444 e. The van der Waals surface area contributed by atoms with Gasteiger partial charge in [0.25, 0.3) is 0 Å². The van der Waals surface area contributed by atoms with E-state index in [0.717, 1.165) is 0 Å². The Morgan fingerprint density at radius 3 is 2.23 bits per heavy atom. The van der Waals surface area contributed by atoms with E-state index in [0.29, 0.717) is 11.3 Å². The van der Waals surface area contributed by atoms with Gasteiger partial charge in [-0.05, 0) is 32.9 Å². The van der Waals surface area contributed by atoms with E-state index in [2.05, 4.69) is 10.6 Å². The molecule has 6 nitrogen and oxygen atoms in total. The minimum atomic E-state index is -0.686. The van der Waals surface area contributed by atoms with Crippen LogP contribution in [0.1, 0.15) is 26.3 Å². The van der Waals surface area contributed by atoms with E-state index in [1.807, 2.05) is 0 Å². The number of carbonyl (C=O) groups is 2. The predicted octanol–water partition coefficient (Wildman–Crippen LogP) is 2.95. The van der Waals surface area contributed by atoms with Gasteiger partial charge in [0.15, 0.2) is 0 Å². The third-order valence-corrected chi connectivity index (χ3v) is 3.05. The van der Waals surface area contributed by atoms with E-state index in [1.54, 1.807) is 20.8 Å². The average Bonchev–Trinajstić information content (AvgIpc) is 2.34. The van der Waals surface area contributed by atoms with Gasteiger partial charge in [-0.2, -0.15) is 0 Å². The minimum Gasteiger partial charge on any atom is -0.444 e. The first-order valence-corrected chi connectivity index (χ1v) is 7.23. The molecule has 8 heteroatoms. The molecule has 0 heterocycles. The van der Waals surface area contributed by atoms with Gasteiger partial charge in [-0.25, -0.2) is 4.79 Å². The SMILES string of the molecule is CC(C)(C)OC(=O)NCC(=O)Nc1cc(Cl)c(CO)c(Cl)c1. The molecule has 0 saturated carbocycles. The van der Waals surface area contributed by atoms with Crippen molar-refractivity contribution in [3.8, 4) is 0 Å². The van der Waals surface area contributed by atoms with Crippen LogP contribution in [0.15, 0.2) is 12.1 Å². The van der Waals surface area contributed by atoms with Gasteiger partial charge in [0.2, 0.25) is 5.91 Å². The molecule has 0 unspecified atom stereocenters. The van der Waals surface area contributed by atoms with E-state index >= 15 is 0 Å². The van der Waals surface area contributed by atoms with Gasteiger partial charge in [-0.15, -0.1) is 0 Å². The lowest BCUT2D eigenvalue weighted by molar-refractivity contribution is -0.115. The zero-order chi connectivity index (χ0) is 16.9. The molecule has 3 N–H and O–H groups in total. The molecule has 0 radical (unpaired) electrons. The maximum absolute atomic E-state index is 11.7. The Kier molecular flexibility index (Phi) is 6.47. The Labute approximate surface area is 138 Å². The van der Waals surface area contributed by atoms with Gasteiger partial charge in [0, 0.05) is 21.3 Å². The third kappa shape index (κ3) is 6.09. The van der Waals surface area contributed by atoms with Crippen molar-refractivity contribution in [3.63, 3.8) is 0 Å². The van der Waals surface area contributed by atoms with Crippen molar-refractivity contribution in [2.24, 2.45) is 0 Å². The fourth-order valence-electron chi connectivity index (χ4n) is 1.50. The summed E-state index contributed by atoms with van der Waals surface area (Å²) in [7, 11) is 0. The van der Waals surface area contributed by atoms with E-state index in [-0.39, 0.29) is 23.2 Å². The van der Waals surface area contributed by atoms with Crippen molar-refractivity contribution in [1.29, 1.82) is 0 Å². The Morgan fingerprint density at radius 1 is 1.23 bits per heavy atom. The van der Waals surface area contributed by atoms with Crippen LogP contribution < -0.4 is 10.6 Å². The second-order valence-electron chi connectivity index (χ2n) is 5.48. The maximum Gasteiger partial charge on any atom is 0.408 e. The van der Waals surface area contributed by atoms with Crippen molar-refractivity contribution in [1.82, 2.24) is 5.32 Å². The number of aliphatic hydroxyl groups is 1. The van der Waals surface area contributed by atoms with Gasteiger partial charge in [-0.1, -0.05) is 23.2 Å². The summed E-state index contributed by atoms with van der Waals surface area (Å²) in [6.07, 6.45) is -0.686. The second kappa shape index (κ2) is 7.67. The summed E-state index contributed by atoms with van der Waals surface area (Å²) >= 11 is 11.9. The molecule has 0 saturated heterocycles. The number of anilines is 1. The molecule has 0 aromatic heterocycles. The Hall–Kier alpha value is -1.50. The van der Waals surface area contributed by atoms with Crippen molar-refractivity contribution in [2.75, 3.05) is 11.9 Å². The smallest absolute Gasteiger partial charge is 0.408 e. The first kappa shape index (κ1) is 18.5. The number of aliphatic hydroxyl groups excluding tert-OH is 1. The molecule has 1 rings (SSSR count). The van der Waals surface area contributed by atoms with Crippen LogP contribution in [0.3, 0.4) is 0 Å². The zero-order valence-electron chi connectivity index (χ0n) is 12.5. The predicted molar refractivity (Wildman–Crippen MR) is 85.3 cm³/mol. The molecule has 1 aromatic rings. The van der Waals surface area contributed by atoms with Gasteiger partial charge in [0.1, 0.15) is 12.1 Å². The number of alkyl carbamates (subject to hydrolysis) is 1. The Bertz CT molecular complexity index is 547. The highest BCUT2D eigenvalue weighted by Gasteiger charge is 2.17. The number of carbonyl (C=O) groups excluding carboxylic acids is 2. The topological polar surface area (TPSA) is 87.7 Å². The summed E-state index contributed by atoms with van der Waals surface area (Å²) in [6, 6.07) is 2.93.